The Kier molecular flexibility index (Phi) is 4.67. The van der Waals surface area contributed by atoms with E-state index in [4.69, 9.17) is 10.5 Å². The minimum Gasteiger partial charge on any atom is -0.462 e. The van der Waals surface area contributed by atoms with Crippen molar-refractivity contribution in [2.24, 2.45) is 7.05 Å². The molecule has 2 N–H and O–H groups in total. The number of nitrogen functional groups attached to an aromatic ring is 1. The molecular formula is C19H17N5O2. The van der Waals surface area contributed by atoms with Crippen LogP contribution in [0.4, 0.5) is 5.82 Å². The molecule has 26 heavy (non-hydrogen) atoms. The van der Waals surface area contributed by atoms with Gasteiger partial charge in [0, 0.05) is 29.9 Å². The van der Waals surface area contributed by atoms with Gasteiger partial charge in [-0.2, -0.15) is 10.4 Å². The van der Waals surface area contributed by atoms with Crippen LogP contribution in [0, 0.1) is 11.3 Å². The first kappa shape index (κ1) is 17.2. The second kappa shape index (κ2) is 7.07. The number of benzene rings is 1. The van der Waals surface area contributed by atoms with E-state index in [0.29, 0.717) is 34.6 Å². The number of ether oxygens (including phenoxy) is 1. The van der Waals surface area contributed by atoms with Crippen LogP contribution in [0.25, 0.3) is 22.4 Å². The van der Waals surface area contributed by atoms with E-state index in [0.717, 1.165) is 5.56 Å². The number of aryl methyl sites for hydroxylation is 1. The van der Waals surface area contributed by atoms with E-state index >= 15 is 0 Å². The van der Waals surface area contributed by atoms with Crippen LogP contribution in [0.5, 0.6) is 0 Å². The minimum atomic E-state index is -0.400. The van der Waals surface area contributed by atoms with Crippen LogP contribution in [0.2, 0.25) is 0 Å². The highest BCUT2D eigenvalue weighted by Crippen LogP contribution is 2.31. The molecule has 0 saturated carbocycles. The monoisotopic (exact) mass is 347 g/mol. The molecule has 3 rings (SSSR count). The molecule has 0 saturated heterocycles. The number of esters is 1. The highest BCUT2D eigenvalue weighted by Gasteiger charge is 2.15. The summed E-state index contributed by atoms with van der Waals surface area (Å²) in [5.74, 6) is -0.270. The van der Waals surface area contributed by atoms with Crippen molar-refractivity contribution in [1.29, 1.82) is 5.26 Å². The van der Waals surface area contributed by atoms with Crippen LogP contribution < -0.4 is 5.73 Å². The third-order valence-corrected chi connectivity index (χ3v) is 3.84. The predicted octanol–water partition coefficient (Wildman–Crippen LogP) is 2.78. The maximum atomic E-state index is 12.0. The van der Waals surface area contributed by atoms with Crippen molar-refractivity contribution in [2.45, 2.75) is 6.92 Å². The standard InChI is InChI=1S/C19H17N5O2/c1-3-26-19(25)13-6-4-5-12(7-13)17-8-15(14-10-22-24(2)11-14)16(9-20)18(21)23-17/h4-8,10-11H,3H2,1-2H3,(H2,21,23). The number of rotatable bonds is 4. The molecule has 0 unspecified atom stereocenters. The second-order valence-corrected chi connectivity index (χ2v) is 5.63. The van der Waals surface area contributed by atoms with E-state index in [-0.39, 0.29) is 5.82 Å². The SMILES string of the molecule is CCOC(=O)c1cccc(-c2cc(-c3cnn(C)c3)c(C#N)c(N)n2)c1. The molecule has 0 bridgehead atoms. The van der Waals surface area contributed by atoms with E-state index in [1.54, 1.807) is 55.3 Å². The molecule has 0 atom stereocenters. The van der Waals surface area contributed by atoms with E-state index in [1.165, 1.54) is 0 Å². The smallest absolute Gasteiger partial charge is 0.338 e. The van der Waals surface area contributed by atoms with Gasteiger partial charge in [-0.15, -0.1) is 0 Å². The van der Waals surface area contributed by atoms with Crippen LogP contribution in [0.15, 0.2) is 42.7 Å². The van der Waals surface area contributed by atoms with E-state index in [9.17, 15) is 10.1 Å². The number of nitriles is 1. The van der Waals surface area contributed by atoms with Gasteiger partial charge in [-0.05, 0) is 25.1 Å². The summed E-state index contributed by atoms with van der Waals surface area (Å²) < 4.78 is 6.68. The van der Waals surface area contributed by atoms with Crippen molar-refractivity contribution >= 4 is 11.8 Å². The first-order valence-electron chi connectivity index (χ1n) is 8.00. The summed E-state index contributed by atoms with van der Waals surface area (Å²) in [4.78, 5) is 16.3. The summed E-state index contributed by atoms with van der Waals surface area (Å²) >= 11 is 0. The Labute approximate surface area is 150 Å². The molecule has 2 heterocycles. The average molecular weight is 347 g/mol. The fourth-order valence-electron chi connectivity index (χ4n) is 2.64. The van der Waals surface area contributed by atoms with Gasteiger partial charge in [0.2, 0.25) is 0 Å². The fourth-order valence-corrected chi connectivity index (χ4v) is 2.64. The van der Waals surface area contributed by atoms with Gasteiger partial charge in [0.25, 0.3) is 0 Å². The van der Waals surface area contributed by atoms with Gasteiger partial charge < -0.3 is 10.5 Å². The lowest BCUT2D eigenvalue weighted by atomic mass is 10.00. The van der Waals surface area contributed by atoms with Gasteiger partial charge >= 0.3 is 5.97 Å². The Balaban J connectivity index is 2.12. The highest BCUT2D eigenvalue weighted by molar-refractivity contribution is 5.91. The summed E-state index contributed by atoms with van der Waals surface area (Å²) in [6, 6.07) is 10.8. The normalized spacial score (nSPS) is 10.3. The number of nitrogens with zero attached hydrogens (tertiary/aromatic N) is 4. The molecule has 0 radical (unpaired) electrons. The molecule has 130 valence electrons. The summed E-state index contributed by atoms with van der Waals surface area (Å²) in [6.45, 7) is 2.06. The van der Waals surface area contributed by atoms with E-state index in [2.05, 4.69) is 16.2 Å². The number of hydrogen-bond donors (Lipinski definition) is 1. The first-order chi connectivity index (χ1) is 12.5. The third kappa shape index (κ3) is 3.26. The highest BCUT2D eigenvalue weighted by atomic mass is 16.5. The quantitative estimate of drug-likeness (QED) is 0.727. The van der Waals surface area contributed by atoms with Crippen molar-refractivity contribution in [3.63, 3.8) is 0 Å². The Hall–Kier alpha value is -3.66. The Morgan fingerprint density at radius 1 is 1.35 bits per heavy atom. The lowest BCUT2D eigenvalue weighted by Crippen LogP contribution is -2.05. The molecular weight excluding hydrogens is 330 g/mol. The number of pyridine rings is 1. The zero-order chi connectivity index (χ0) is 18.7. The molecule has 0 aliphatic carbocycles. The summed E-state index contributed by atoms with van der Waals surface area (Å²) in [5.41, 5.74) is 9.40. The van der Waals surface area contributed by atoms with E-state index in [1.807, 2.05) is 6.07 Å². The maximum absolute atomic E-state index is 12.0. The van der Waals surface area contributed by atoms with Crippen molar-refractivity contribution in [3.05, 3.63) is 53.9 Å². The zero-order valence-electron chi connectivity index (χ0n) is 14.4. The molecule has 7 nitrogen and oxygen atoms in total. The first-order valence-corrected chi connectivity index (χ1v) is 8.00. The zero-order valence-corrected chi connectivity index (χ0v) is 14.4. The van der Waals surface area contributed by atoms with Gasteiger partial charge in [0.05, 0.1) is 24.1 Å². The second-order valence-electron chi connectivity index (χ2n) is 5.63. The van der Waals surface area contributed by atoms with Crippen molar-refractivity contribution in [3.8, 4) is 28.5 Å². The van der Waals surface area contributed by atoms with Crippen LogP contribution >= 0.6 is 0 Å². The summed E-state index contributed by atoms with van der Waals surface area (Å²) in [7, 11) is 1.80. The van der Waals surface area contributed by atoms with Crippen molar-refractivity contribution in [2.75, 3.05) is 12.3 Å². The Bertz CT molecular complexity index is 1020. The molecule has 0 spiro atoms. The van der Waals surface area contributed by atoms with Gasteiger partial charge in [-0.25, -0.2) is 9.78 Å². The number of nitrogens with two attached hydrogens (primary N) is 1. The Morgan fingerprint density at radius 3 is 2.81 bits per heavy atom. The maximum Gasteiger partial charge on any atom is 0.338 e. The molecule has 1 aromatic carbocycles. The molecule has 7 heteroatoms. The minimum absolute atomic E-state index is 0.130. The Morgan fingerprint density at radius 2 is 2.15 bits per heavy atom. The van der Waals surface area contributed by atoms with Crippen molar-refractivity contribution in [1.82, 2.24) is 14.8 Å². The van der Waals surface area contributed by atoms with Gasteiger partial charge in [0.1, 0.15) is 17.5 Å². The number of carbonyl (C=O) groups is 1. The molecule has 0 aliphatic heterocycles. The van der Waals surface area contributed by atoms with E-state index < -0.39 is 5.97 Å². The van der Waals surface area contributed by atoms with Crippen molar-refractivity contribution < 1.29 is 9.53 Å². The summed E-state index contributed by atoms with van der Waals surface area (Å²) in [5, 5.41) is 13.6. The topological polar surface area (TPSA) is 107 Å². The van der Waals surface area contributed by atoms with Crippen LogP contribution in [0.1, 0.15) is 22.8 Å². The van der Waals surface area contributed by atoms with Crippen LogP contribution in [0.3, 0.4) is 0 Å². The predicted molar refractivity (Wildman–Crippen MR) is 97.0 cm³/mol. The number of aromatic nitrogens is 3. The molecule has 0 fully saturated rings. The average Bonchev–Trinajstić information content (AvgIpc) is 3.07. The van der Waals surface area contributed by atoms with Gasteiger partial charge in [0.15, 0.2) is 0 Å². The number of anilines is 1. The number of carbonyl (C=O) groups excluding carboxylic acids is 1. The van der Waals surface area contributed by atoms with Gasteiger partial charge in [-0.1, -0.05) is 12.1 Å². The molecule has 2 aromatic heterocycles. The van der Waals surface area contributed by atoms with Crippen LogP contribution in [-0.2, 0) is 11.8 Å². The third-order valence-electron chi connectivity index (χ3n) is 3.84. The van der Waals surface area contributed by atoms with Crippen LogP contribution in [-0.4, -0.2) is 27.3 Å². The molecule has 3 aromatic rings. The molecule has 0 aliphatic rings. The fraction of sp³-hybridized carbons (Fsp3) is 0.158. The summed E-state index contributed by atoms with van der Waals surface area (Å²) in [6.07, 6.45) is 3.46. The number of hydrogen-bond acceptors (Lipinski definition) is 6. The lowest BCUT2D eigenvalue weighted by Gasteiger charge is -2.10. The lowest BCUT2D eigenvalue weighted by molar-refractivity contribution is 0.0526. The molecule has 0 amide bonds. The van der Waals surface area contributed by atoms with Gasteiger partial charge in [-0.3, -0.25) is 4.68 Å². The largest absolute Gasteiger partial charge is 0.462 e.